The van der Waals surface area contributed by atoms with E-state index in [4.69, 9.17) is 15.0 Å². The number of hydrogen-bond donors (Lipinski definition) is 0. The molecule has 0 N–H and O–H groups in total. The second kappa shape index (κ2) is 13.2. The molecule has 0 amide bonds. The fourth-order valence-electron chi connectivity index (χ4n) is 8.28. The van der Waals surface area contributed by atoms with Crippen molar-refractivity contribution in [3.63, 3.8) is 0 Å². The zero-order valence-corrected chi connectivity index (χ0v) is 30.7. The monoisotopic (exact) mass is 703 g/mol. The molecule has 55 heavy (non-hydrogen) atoms. The Kier molecular flexibility index (Phi) is 7.81. The van der Waals surface area contributed by atoms with E-state index < -0.39 is 0 Å². The van der Waals surface area contributed by atoms with Gasteiger partial charge in [0.25, 0.3) is 0 Å². The Hall–Kier alpha value is -6.97. The molecule has 260 valence electrons. The Morgan fingerprint density at radius 1 is 0.327 bits per heavy atom. The second-order valence-corrected chi connectivity index (χ2v) is 14.8. The molecule has 0 bridgehead atoms. The molecule has 0 fully saturated rings. The largest absolute Gasteiger partial charge is 0.208 e. The molecule has 1 aliphatic rings. The molecule has 0 unspecified atom stereocenters. The van der Waals surface area contributed by atoms with E-state index in [-0.39, 0.29) is 5.41 Å². The first-order chi connectivity index (χ1) is 27.0. The molecule has 3 heteroatoms. The Morgan fingerprint density at radius 2 is 0.782 bits per heavy atom. The highest BCUT2D eigenvalue weighted by molar-refractivity contribution is 6.00. The van der Waals surface area contributed by atoms with Crippen molar-refractivity contribution >= 4 is 10.8 Å². The fraction of sp³-hybridized carbons (Fsp3) is 0.0577. The highest BCUT2D eigenvalue weighted by atomic mass is 15.0. The van der Waals surface area contributed by atoms with Crippen LogP contribution in [-0.2, 0) is 5.41 Å². The summed E-state index contributed by atoms with van der Waals surface area (Å²) in [6.07, 6.45) is 0. The molecule has 0 atom stereocenters. The molecule has 0 saturated heterocycles. The average molecular weight is 704 g/mol. The van der Waals surface area contributed by atoms with Gasteiger partial charge in [-0.15, -0.1) is 0 Å². The fourth-order valence-corrected chi connectivity index (χ4v) is 8.28. The molecule has 8 aromatic carbocycles. The minimum atomic E-state index is -0.0518. The number of hydrogen-bond acceptors (Lipinski definition) is 3. The van der Waals surface area contributed by atoms with E-state index in [1.165, 1.54) is 44.5 Å². The van der Waals surface area contributed by atoms with Crippen molar-refractivity contribution in [1.82, 2.24) is 15.0 Å². The van der Waals surface area contributed by atoms with Crippen LogP contribution in [0.25, 0.3) is 89.4 Å². The van der Waals surface area contributed by atoms with Gasteiger partial charge in [0.2, 0.25) is 0 Å². The molecule has 0 spiro atoms. The first-order valence-corrected chi connectivity index (χ1v) is 18.9. The van der Waals surface area contributed by atoms with Crippen LogP contribution >= 0.6 is 0 Å². The summed E-state index contributed by atoms with van der Waals surface area (Å²) in [5.74, 6) is 1.93. The summed E-state index contributed by atoms with van der Waals surface area (Å²) >= 11 is 0. The van der Waals surface area contributed by atoms with Crippen molar-refractivity contribution in [2.24, 2.45) is 0 Å². The quantitative estimate of drug-likeness (QED) is 0.173. The zero-order valence-electron chi connectivity index (χ0n) is 30.7. The van der Waals surface area contributed by atoms with Crippen LogP contribution in [0.15, 0.2) is 188 Å². The molecule has 10 rings (SSSR count). The van der Waals surface area contributed by atoms with Crippen LogP contribution in [0, 0.1) is 0 Å². The lowest BCUT2D eigenvalue weighted by Crippen LogP contribution is -2.14. The van der Waals surface area contributed by atoms with Crippen LogP contribution in [0.1, 0.15) is 25.0 Å². The zero-order chi connectivity index (χ0) is 36.9. The SMILES string of the molecule is CC1(C)c2ccccc2-c2c(-c3ccc4c(-c5nc(-c6ccc(-c7ccccc7)cc6)nc(-c6ccc(-c7ccccc7)cc6)n5)cccc4c3)cccc21. The van der Waals surface area contributed by atoms with Gasteiger partial charge in [0.1, 0.15) is 0 Å². The Bertz CT molecular complexity index is 2760. The predicted molar refractivity (Wildman–Crippen MR) is 228 cm³/mol. The first kappa shape index (κ1) is 32.7. The van der Waals surface area contributed by atoms with Gasteiger partial charge in [-0.2, -0.15) is 0 Å². The van der Waals surface area contributed by atoms with Gasteiger partial charge in [-0.05, 0) is 72.5 Å². The number of aromatic nitrogens is 3. The summed E-state index contributed by atoms with van der Waals surface area (Å²) in [5, 5.41) is 2.24. The van der Waals surface area contributed by atoms with Crippen LogP contribution in [-0.4, -0.2) is 15.0 Å². The van der Waals surface area contributed by atoms with Crippen molar-refractivity contribution < 1.29 is 0 Å². The van der Waals surface area contributed by atoms with E-state index in [1.807, 2.05) is 12.1 Å². The van der Waals surface area contributed by atoms with Gasteiger partial charge >= 0.3 is 0 Å². The molecular weight excluding hydrogens is 667 g/mol. The molecule has 3 nitrogen and oxygen atoms in total. The standard InChI is InChI=1S/C52H37N3/c1-52(2)46-21-10-9-18-45(46)48-43(19-12-22-47(48)52)41-31-32-42-40(33-41)17-11-20-44(42)51-54-49(38-27-23-36(24-28-38)34-13-5-3-6-14-34)53-50(55-51)39-29-25-37(26-30-39)35-15-7-4-8-16-35/h3-33H,1-2H3. The minimum absolute atomic E-state index is 0.0518. The Balaban J connectivity index is 1.09. The normalized spacial score (nSPS) is 12.7. The van der Waals surface area contributed by atoms with E-state index >= 15 is 0 Å². The van der Waals surface area contributed by atoms with Crippen molar-refractivity contribution in [1.29, 1.82) is 0 Å². The van der Waals surface area contributed by atoms with E-state index in [9.17, 15) is 0 Å². The van der Waals surface area contributed by atoms with E-state index in [1.54, 1.807) is 0 Å². The summed E-state index contributed by atoms with van der Waals surface area (Å²) in [6.45, 7) is 4.67. The summed E-state index contributed by atoms with van der Waals surface area (Å²) in [5.41, 5.74) is 15.3. The third-order valence-corrected chi connectivity index (χ3v) is 11.2. The number of nitrogens with zero attached hydrogens (tertiary/aromatic N) is 3. The smallest absolute Gasteiger partial charge is 0.164 e. The van der Waals surface area contributed by atoms with Crippen LogP contribution < -0.4 is 0 Å². The van der Waals surface area contributed by atoms with E-state index in [0.717, 1.165) is 38.6 Å². The molecule has 0 radical (unpaired) electrons. The second-order valence-electron chi connectivity index (χ2n) is 14.8. The van der Waals surface area contributed by atoms with Crippen LogP contribution in [0.4, 0.5) is 0 Å². The van der Waals surface area contributed by atoms with Gasteiger partial charge < -0.3 is 0 Å². The van der Waals surface area contributed by atoms with Crippen LogP contribution in [0.5, 0.6) is 0 Å². The van der Waals surface area contributed by atoms with Gasteiger partial charge in [-0.1, -0.05) is 196 Å². The number of fused-ring (bicyclic) bond motifs is 4. The summed E-state index contributed by atoms with van der Waals surface area (Å²) in [7, 11) is 0. The summed E-state index contributed by atoms with van der Waals surface area (Å²) in [6, 6.07) is 66.7. The van der Waals surface area contributed by atoms with Crippen LogP contribution in [0.3, 0.4) is 0 Å². The molecule has 9 aromatic rings. The topological polar surface area (TPSA) is 38.7 Å². The van der Waals surface area contributed by atoms with Gasteiger partial charge in [-0.25, -0.2) is 15.0 Å². The molecule has 1 aromatic heterocycles. The first-order valence-electron chi connectivity index (χ1n) is 18.9. The molecule has 1 heterocycles. The molecule has 0 saturated carbocycles. The lowest BCUT2D eigenvalue weighted by atomic mass is 9.82. The Labute approximate surface area is 321 Å². The third-order valence-electron chi connectivity index (χ3n) is 11.2. The third kappa shape index (κ3) is 5.73. The lowest BCUT2D eigenvalue weighted by molar-refractivity contribution is 0.660. The maximum absolute atomic E-state index is 5.16. The highest BCUT2D eigenvalue weighted by Gasteiger charge is 2.36. The number of rotatable bonds is 6. The van der Waals surface area contributed by atoms with Crippen molar-refractivity contribution in [2.45, 2.75) is 19.3 Å². The van der Waals surface area contributed by atoms with Gasteiger partial charge in [-0.3, -0.25) is 0 Å². The van der Waals surface area contributed by atoms with Crippen LogP contribution in [0.2, 0.25) is 0 Å². The van der Waals surface area contributed by atoms with E-state index in [2.05, 4.69) is 190 Å². The van der Waals surface area contributed by atoms with Gasteiger partial charge in [0, 0.05) is 22.1 Å². The molecule has 0 aliphatic heterocycles. The Morgan fingerprint density at radius 3 is 1.42 bits per heavy atom. The highest BCUT2D eigenvalue weighted by Crippen LogP contribution is 2.52. The lowest BCUT2D eigenvalue weighted by Gasteiger charge is -2.21. The summed E-state index contributed by atoms with van der Waals surface area (Å²) in [4.78, 5) is 15.4. The molecular formula is C52H37N3. The van der Waals surface area contributed by atoms with E-state index in [0.29, 0.717) is 17.5 Å². The summed E-state index contributed by atoms with van der Waals surface area (Å²) < 4.78 is 0. The minimum Gasteiger partial charge on any atom is -0.208 e. The maximum atomic E-state index is 5.16. The van der Waals surface area contributed by atoms with Crippen molar-refractivity contribution in [3.8, 4) is 78.7 Å². The predicted octanol–water partition coefficient (Wildman–Crippen LogP) is 13.3. The van der Waals surface area contributed by atoms with Crippen molar-refractivity contribution in [3.05, 3.63) is 199 Å². The van der Waals surface area contributed by atoms with Crippen molar-refractivity contribution in [2.75, 3.05) is 0 Å². The molecule has 1 aliphatic carbocycles. The average Bonchev–Trinajstić information content (AvgIpc) is 3.49. The number of benzene rings is 8. The van der Waals surface area contributed by atoms with Gasteiger partial charge in [0.05, 0.1) is 0 Å². The van der Waals surface area contributed by atoms with Gasteiger partial charge in [0.15, 0.2) is 17.5 Å². The maximum Gasteiger partial charge on any atom is 0.164 e.